The summed E-state index contributed by atoms with van der Waals surface area (Å²) in [5.41, 5.74) is 2.88. The lowest BCUT2D eigenvalue weighted by Crippen LogP contribution is -2.04. The second kappa shape index (κ2) is 6.49. The molecule has 6 nitrogen and oxygen atoms in total. The number of nitriles is 1. The molecule has 25 heavy (non-hydrogen) atoms. The normalized spacial score (nSPS) is 10.4. The Morgan fingerprint density at radius 1 is 1.16 bits per heavy atom. The molecule has 0 aliphatic rings. The predicted molar refractivity (Wildman–Crippen MR) is 91.4 cm³/mol. The van der Waals surface area contributed by atoms with Crippen LogP contribution in [0.15, 0.2) is 42.5 Å². The zero-order chi connectivity index (χ0) is 18.0. The van der Waals surface area contributed by atoms with Gasteiger partial charge in [-0.3, -0.25) is 0 Å². The first kappa shape index (κ1) is 16.3. The number of aromatic nitrogens is 1. The molecule has 2 aromatic carbocycles. The Bertz CT molecular complexity index is 1010. The Kier molecular flexibility index (Phi) is 4.23. The summed E-state index contributed by atoms with van der Waals surface area (Å²) in [6.07, 6.45) is 0. The molecule has 0 saturated heterocycles. The highest BCUT2D eigenvalue weighted by molar-refractivity contribution is 5.99. The number of fused-ring (bicyclic) bond motifs is 1. The summed E-state index contributed by atoms with van der Waals surface area (Å²) < 4.78 is 4.95. The number of ether oxygens (including phenoxy) is 1. The van der Waals surface area contributed by atoms with Crippen molar-refractivity contribution in [3.05, 3.63) is 59.2 Å². The van der Waals surface area contributed by atoms with E-state index >= 15 is 0 Å². The van der Waals surface area contributed by atoms with Crippen LogP contribution < -0.4 is 0 Å². The van der Waals surface area contributed by atoms with Crippen molar-refractivity contribution in [2.45, 2.75) is 6.92 Å². The molecule has 1 heterocycles. The van der Waals surface area contributed by atoms with Crippen LogP contribution in [0.1, 0.15) is 33.2 Å². The lowest BCUT2D eigenvalue weighted by molar-refractivity contribution is 0.0526. The van der Waals surface area contributed by atoms with Crippen LogP contribution in [0.25, 0.3) is 22.2 Å². The first-order chi connectivity index (χ1) is 12.0. The fourth-order valence-electron chi connectivity index (χ4n) is 2.64. The third-order valence-corrected chi connectivity index (χ3v) is 3.84. The molecule has 0 radical (unpaired) electrons. The molecule has 0 atom stereocenters. The minimum atomic E-state index is -1.05. The number of nitrogens with one attached hydrogen (secondary N) is 1. The summed E-state index contributed by atoms with van der Waals surface area (Å²) in [7, 11) is 0. The van der Waals surface area contributed by atoms with Gasteiger partial charge < -0.3 is 14.8 Å². The van der Waals surface area contributed by atoms with Gasteiger partial charge in [0.2, 0.25) is 0 Å². The smallest absolute Gasteiger partial charge is 0.338 e. The van der Waals surface area contributed by atoms with E-state index in [1.165, 1.54) is 12.1 Å². The summed E-state index contributed by atoms with van der Waals surface area (Å²) in [6.45, 7) is 2.04. The van der Waals surface area contributed by atoms with Crippen molar-refractivity contribution in [1.29, 1.82) is 5.26 Å². The van der Waals surface area contributed by atoms with Gasteiger partial charge >= 0.3 is 11.9 Å². The number of benzene rings is 2. The predicted octanol–water partition coefficient (Wildman–Crippen LogP) is 3.58. The van der Waals surface area contributed by atoms with Crippen molar-refractivity contribution in [1.82, 2.24) is 4.98 Å². The van der Waals surface area contributed by atoms with Crippen LogP contribution in [0.4, 0.5) is 0 Å². The molecule has 0 aliphatic carbocycles. The van der Waals surface area contributed by atoms with Crippen molar-refractivity contribution in [2.75, 3.05) is 6.61 Å². The molecule has 0 saturated carbocycles. The van der Waals surface area contributed by atoms with E-state index < -0.39 is 11.9 Å². The summed E-state index contributed by atoms with van der Waals surface area (Å²) in [5.74, 6) is -1.45. The van der Waals surface area contributed by atoms with Crippen LogP contribution in [0, 0.1) is 11.3 Å². The average molecular weight is 334 g/mol. The number of carboxylic acids is 1. The summed E-state index contributed by atoms with van der Waals surface area (Å²) in [5, 5.41) is 19.2. The van der Waals surface area contributed by atoms with Gasteiger partial charge in [0.05, 0.1) is 29.0 Å². The molecule has 0 amide bonds. The van der Waals surface area contributed by atoms with Crippen molar-refractivity contribution in [2.24, 2.45) is 0 Å². The van der Waals surface area contributed by atoms with Crippen LogP contribution in [0.2, 0.25) is 0 Å². The number of aromatic amines is 1. The maximum Gasteiger partial charge on any atom is 0.338 e. The zero-order valence-corrected chi connectivity index (χ0v) is 13.4. The van der Waals surface area contributed by atoms with Crippen molar-refractivity contribution >= 4 is 22.8 Å². The highest BCUT2D eigenvalue weighted by Gasteiger charge is 2.15. The van der Waals surface area contributed by atoms with Gasteiger partial charge in [-0.2, -0.15) is 5.26 Å². The Balaban J connectivity index is 2.08. The van der Waals surface area contributed by atoms with Gasteiger partial charge in [-0.25, -0.2) is 9.59 Å². The van der Waals surface area contributed by atoms with Crippen LogP contribution in [-0.4, -0.2) is 28.6 Å². The monoisotopic (exact) mass is 334 g/mol. The molecule has 0 fully saturated rings. The molecule has 3 rings (SSSR count). The number of aromatic carboxylic acids is 1. The van der Waals surface area contributed by atoms with Gasteiger partial charge in [-0.1, -0.05) is 12.1 Å². The van der Waals surface area contributed by atoms with Crippen molar-refractivity contribution in [3.8, 4) is 17.3 Å². The molecule has 0 aliphatic heterocycles. The van der Waals surface area contributed by atoms with E-state index in [4.69, 9.17) is 9.84 Å². The first-order valence-electron chi connectivity index (χ1n) is 7.61. The third-order valence-electron chi connectivity index (χ3n) is 3.84. The summed E-state index contributed by atoms with van der Waals surface area (Å²) >= 11 is 0. The molecule has 6 heteroatoms. The lowest BCUT2D eigenvalue weighted by Gasteiger charge is -2.03. The lowest BCUT2D eigenvalue weighted by atomic mass is 10.0. The van der Waals surface area contributed by atoms with Crippen LogP contribution in [0.3, 0.4) is 0 Å². The zero-order valence-electron chi connectivity index (χ0n) is 13.4. The van der Waals surface area contributed by atoms with E-state index in [2.05, 4.69) is 11.1 Å². The van der Waals surface area contributed by atoms with E-state index in [9.17, 15) is 14.9 Å². The SMILES string of the molecule is CCOC(=O)c1ccc(-c2[nH]c3ccc(C(=O)O)cc3c2C#N)cc1. The number of hydrogen-bond donors (Lipinski definition) is 2. The first-order valence-corrected chi connectivity index (χ1v) is 7.61. The largest absolute Gasteiger partial charge is 0.478 e. The van der Waals surface area contributed by atoms with Gasteiger partial charge in [0, 0.05) is 10.9 Å². The molecular weight excluding hydrogens is 320 g/mol. The topological polar surface area (TPSA) is 103 Å². The van der Waals surface area contributed by atoms with Gasteiger partial charge in [-0.15, -0.1) is 0 Å². The second-order valence-corrected chi connectivity index (χ2v) is 5.35. The average Bonchev–Trinajstić information content (AvgIpc) is 2.99. The Hall–Kier alpha value is -3.59. The molecule has 0 spiro atoms. The number of H-pyrrole nitrogens is 1. The number of rotatable bonds is 4. The standard InChI is InChI=1S/C19H14N2O4/c1-2-25-19(24)12-5-3-11(4-6-12)17-15(10-20)14-9-13(18(22)23)7-8-16(14)21-17/h3-9,21H,2H2,1H3,(H,22,23). The maximum absolute atomic E-state index is 11.7. The molecule has 0 unspecified atom stereocenters. The molecule has 2 N–H and O–H groups in total. The van der Waals surface area contributed by atoms with E-state index in [0.717, 1.165) is 5.56 Å². The third kappa shape index (κ3) is 2.95. The highest BCUT2D eigenvalue weighted by atomic mass is 16.5. The number of nitrogens with zero attached hydrogens (tertiary/aromatic N) is 1. The second-order valence-electron chi connectivity index (χ2n) is 5.35. The van der Waals surface area contributed by atoms with Crippen molar-refractivity contribution < 1.29 is 19.4 Å². The van der Waals surface area contributed by atoms with E-state index in [0.29, 0.717) is 34.3 Å². The van der Waals surface area contributed by atoms with Crippen molar-refractivity contribution in [3.63, 3.8) is 0 Å². The van der Waals surface area contributed by atoms with Gasteiger partial charge in [0.15, 0.2) is 0 Å². The van der Waals surface area contributed by atoms with E-state index in [1.54, 1.807) is 37.3 Å². The maximum atomic E-state index is 11.7. The molecule has 1 aromatic heterocycles. The Labute approximate surface area is 143 Å². The molecule has 0 bridgehead atoms. The fraction of sp³-hybridized carbons (Fsp3) is 0.105. The number of carboxylic acid groups (broad SMARTS) is 1. The number of carbonyl (C=O) groups is 2. The van der Waals surface area contributed by atoms with Crippen LogP contribution >= 0.6 is 0 Å². The minimum absolute atomic E-state index is 0.118. The van der Waals surface area contributed by atoms with Gasteiger partial charge in [-0.05, 0) is 42.8 Å². The number of esters is 1. The van der Waals surface area contributed by atoms with E-state index in [1.807, 2.05) is 0 Å². The molecular formula is C19H14N2O4. The van der Waals surface area contributed by atoms with Gasteiger partial charge in [0.1, 0.15) is 6.07 Å². The Morgan fingerprint density at radius 2 is 1.84 bits per heavy atom. The minimum Gasteiger partial charge on any atom is -0.478 e. The summed E-state index contributed by atoms with van der Waals surface area (Å²) in [4.78, 5) is 26.0. The fourth-order valence-corrected chi connectivity index (χ4v) is 2.64. The molecule has 124 valence electrons. The quantitative estimate of drug-likeness (QED) is 0.710. The van der Waals surface area contributed by atoms with Gasteiger partial charge in [0.25, 0.3) is 0 Å². The Morgan fingerprint density at radius 3 is 2.44 bits per heavy atom. The summed E-state index contributed by atoms with van der Waals surface area (Å²) in [6, 6.07) is 13.4. The van der Waals surface area contributed by atoms with Crippen LogP contribution in [0.5, 0.6) is 0 Å². The number of hydrogen-bond acceptors (Lipinski definition) is 4. The van der Waals surface area contributed by atoms with Crippen LogP contribution in [-0.2, 0) is 4.74 Å². The van der Waals surface area contributed by atoms with E-state index in [-0.39, 0.29) is 5.56 Å². The number of carbonyl (C=O) groups excluding carboxylic acids is 1. The molecule has 3 aromatic rings. The highest BCUT2D eigenvalue weighted by Crippen LogP contribution is 2.30.